The zero-order chi connectivity index (χ0) is 12.3. The number of aryl methyl sites for hydroxylation is 1. The van der Waals surface area contributed by atoms with Crippen LogP contribution in [-0.2, 0) is 5.54 Å². The average Bonchev–Trinajstić information content (AvgIpc) is 2.64. The summed E-state index contributed by atoms with van der Waals surface area (Å²) in [4.78, 5) is 4.75. The highest BCUT2D eigenvalue weighted by atomic mass is 32.1. The van der Waals surface area contributed by atoms with Crippen LogP contribution in [0.4, 0.5) is 0 Å². The van der Waals surface area contributed by atoms with Crippen LogP contribution in [0.3, 0.4) is 0 Å². The van der Waals surface area contributed by atoms with Crippen molar-refractivity contribution in [3.8, 4) is 0 Å². The monoisotopic (exact) mass is 252 g/mol. The second-order valence-corrected chi connectivity index (χ2v) is 6.30. The number of aromatic nitrogens is 1. The lowest BCUT2D eigenvalue weighted by molar-refractivity contribution is 0.292. The molecular formula is C14H24N2S. The predicted molar refractivity (Wildman–Crippen MR) is 74.5 cm³/mol. The molecule has 2 rings (SSSR count). The van der Waals surface area contributed by atoms with Crippen LogP contribution in [0.5, 0.6) is 0 Å². The van der Waals surface area contributed by atoms with Gasteiger partial charge in [0.15, 0.2) is 0 Å². The first-order valence-electron chi connectivity index (χ1n) is 6.84. The molecule has 2 nitrogen and oxygen atoms in total. The van der Waals surface area contributed by atoms with Crippen LogP contribution in [0.2, 0.25) is 0 Å². The highest BCUT2D eigenvalue weighted by Gasteiger charge is 2.35. The van der Waals surface area contributed by atoms with E-state index in [1.807, 2.05) is 11.3 Å². The van der Waals surface area contributed by atoms with Gasteiger partial charge in [-0.15, -0.1) is 11.3 Å². The van der Waals surface area contributed by atoms with Gasteiger partial charge in [-0.25, -0.2) is 4.98 Å². The Balaban J connectivity index is 2.24. The van der Waals surface area contributed by atoms with Crippen molar-refractivity contribution in [2.24, 2.45) is 5.92 Å². The fraction of sp³-hybridized carbons (Fsp3) is 0.786. The molecule has 1 fully saturated rings. The number of hydrogen-bond acceptors (Lipinski definition) is 3. The van der Waals surface area contributed by atoms with E-state index in [1.165, 1.54) is 42.8 Å². The Morgan fingerprint density at radius 2 is 2.29 bits per heavy atom. The van der Waals surface area contributed by atoms with Gasteiger partial charge in [0.2, 0.25) is 0 Å². The van der Waals surface area contributed by atoms with E-state index in [0.29, 0.717) is 0 Å². The van der Waals surface area contributed by atoms with E-state index in [4.69, 9.17) is 4.98 Å². The van der Waals surface area contributed by atoms with Gasteiger partial charge in [-0.1, -0.05) is 26.7 Å². The molecule has 0 bridgehead atoms. The Bertz CT molecular complexity index is 361. The maximum atomic E-state index is 4.75. The van der Waals surface area contributed by atoms with Crippen LogP contribution in [0.1, 0.15) is 56.7 Å². The summed E-state index contributed by atoms with van der Waals surface area (Å²) >= 11 is 1.83. The zero-order valence-electron chi connectivity index (χ0n) is 11.3. The SMILES string of the molecule is CCNC1(c2nc(C)cs2)CCCC(C)CC1. The van der Waals surface area contributed by atoms with Gasteiger partial charge in [0.1, 0.15) is 5.01 Å². The van der Waals surface area contributed by atoms with Gasteiger partial charge in [-0.3, -0.25) is 0 Å². The molecular weight excluding hydrogens is 228 g/mol. The molecule has 96 valence electrons. The second kappa shape index (κ2) is 5.49. The normalized spacial score (nSPS) is 30.2. The smallest absolute Gasteiger partial charge is 0.113 e. The minimum Gasteiger partial charge on any atom is -0.306 e. The van der Waals surface area contributed by atoms with Crippen molar-refractivity contribution in [2.45, 2.75) is 58.4 Å². The summed E-state index contributed by atoms with van der Waals surface area (Å²) in [5.74, 6) is 0.872. The van der Waals surface area contributed by atoms with E-state index < -0.39 is 0 Å². The fourth-order valence-electron chi connectivity index (χ4n) is 2.89. The number of thiazole rings is 1. The fourth-order valence-corrected chi connectivity index (χ4v) is 3.93. The van der Waals surface area contributed by atoms with Crippen molar-refractivity contribution in [2.75, 3.05) is 6.54 Å². The van der Waals surface area contributed by atoms with E-state index in [0.717, 1.165) is 12.5 Å². The molecule has 1 saturated carbocycles. The number of nitrogens with one attached hydrogen (secondary N) is 1. The topological polar surface area (TPSA) is 24.9 Å². The molecule has 0 amide bonds. The Labute approximate surface area is 109 Å². The highest BCUT2D eigenvalue weighted by molar-refractivity contribution is 7.09. The average molecular weight is 252 g/mol. The molecule has 3 heteroatoms. The van der Waals surface area contributed by atoms with Crippen LogP contribution in [-0.4, -0.2) is 11.5 Å². The Hall–Kier alpha value is -0.410. The van der Waals surface area contributed by atoms with Crippen LogP contribution >= 0.6 is 11.3 Å². The lowest BCUT2D eigenvalue weighted by Crippen LogP contribution is -2.42. The molecule has 1 aliphatic carbocycles. The molecule has 17 heavy (non-hydrogen) atoms. The van der Waals surface area contributed by atoms with Crippen molar-refractivity contribution in [3.63, 3.8) is 0 Å². The van der Waals surface area contributed by atoms with E-state index in [-0.39, 0.29) is 5.54 Å². The van der Waals surface area contributed by atoms with Gasteiger partial charge < -0.3 is 5.32 Å². The Morgan fingerprint density at radius 3 is 2.94 bits per heavy atom. The van der Waals surface area contributed by atoms with Gasteiger partial charge in [0.05, 0.1) is 5.54 Å². The third kappa shape index (κ3) is 2.89. The van der Waals surface area contributed by atoms with Crippen molar-refractivity contribution < 1.29 is 0 Å². The third-order valence-electron chi connectivity index (χ3n) is 3.91. The summed E-state index contributed by atoms with van der Waals surface area (Å²) in [7, 11) is 0. The van der Waals surface area contributed by atoms with Crippen molar-refractivity contribution in [3.05, 3.63) is 16.1 Å². The largest absolute Gasteiger partial charge is 0.306 e. The number of rotatable bonds is 3. The third-order valence-corrected chi connectivity index (χ3v) is 5.07. The molecule has 2 atom stereocenters. The summed E-state index contributed by atoms with van der Waals surface area (Å²) in [5.41, 5.74) is 1.33. The summed E-state index contributed by atoms with van der Waals surface area (Å²) in [6.07, 6.45) is 6.52. The number of hydrogen-bond donors (Lipinski definition) is 1. The van der Waals surface area contributed by atoms with Gasteiger partial charge in [0.25, 0.3) is 0 Å². The first-order chi connectivity index (χ1) is 8.16. The van der Waals surface area contributed by atoms with E-state index in [2.05, 4.69) is 31.5 Å². The maximum absolute atomic E-state index is 4.75. The van der Waals surface area contributed by atoms with Crippen LogP contribution < -0.4 is 5.32 Å². The van der Waals surface area contributed by atoms with Crippen molar-refractivity contribution in [1.29, 1.82) is 0 Å². The lowest BCUT2D eigenvalue weighted by Gasteiger charge is -2.32. The summed E-state index contributed by atoms with van der Waals surface area (Å²) in [6, 6.07) is 0. The van der Waals surface area contributed by atoms with Gasteiger partial charge in [0, 0.05) is 11.1 Å². The van der Waals surface area contributed by atoms with Gasteiger partial charge in [-0.05, 0) is 38.6 Å². The molecule has 1 aromatic heterocycles. The Kier molecular flexibility index (Phi) is 4.21. The van der Waals surface area contributed by atoms with Crippen LogP contribution in [0.15, 0.2) is 5.38 Å². The second-order valence-electron chi connectivity index (χ2n) is 5.44. The van der Waals surface area contributed by atoms with E-state index >= 15 is 0 Å². The highest BCUT2D eigenvalue weighted by Crippen LogP contribution is 2.39. The zero-order valence-corrected chi connectivity index (χ0v) is 12.1. The van der Waals surface area contributed by atoms with Crippen LogP contribution in [0, 0.1) is 12.8 Å². The molecule has 0 spiro atoms. The molecule has 1 heterocycles. The van der Waals surface area contributed by atoms with E-state index in [1.54, 1.807) is 0 Å². The predicted octanol–water partition coefficient (Wildman–Crippen LogP) is 3.86. The molecule has 0 aliphatic heterocycles. The summed E-state index contributed by atoms with van der Waals surface area (Å²) in [5, 5.41) is 7.23. The minimum absolute atomic E-state index is 0.165. The van der Waals surface area contributed by atoms with E-state index in [9.17, 15) is 0 Å². The molecule has 0 radical (unpaired) electrons. The minimum atomic E-state index is 0.165. The molecule has 1 N–H and O–H groups in total. The maximum Gasteiger partial charge on any atom is 0.113 e. The Morgan fingerprint density at radius 1 is 1.47 bits per heavy atom. The first-order valence-corrected chi connectivity index (χ1v) is 7.72. The molecule has 0 aromatic carbocycles. The molecule has 1 aliphatic rings. The van der Waals surface area contributed by atoms with Gasteiger partial charge in [-0.2, -0.15) is 0 Å². The van der Waals surface area contributed by atoms with Crippen molar-refractivity contribution >= 4 is 11.3 Å². The van der Waals surface area contributed by atoms with Crippen LogP contribution in [0.25, 0.3) is 0 Å². The first kappa shape index (κ1) is 13.0. The summed E-state index contributed by atoms with van der Waals surface area (Å²) in [6.45, 7) is 7.72. The molecule has 2 unspecified atom stereocenters. The van der Waals surface area contributed by atoms with Gasteiger partial charge >= 0.3 is 0 Å². The summed E-state index contributed by atoms with van der Waals surface area (Å²) < 4.78 is 0. The molecule has 1 aromatic rings. The number of nitrogens with zero attached hydrogens (tertiary/aromatic N) is 1. The van der Waals surface area contributed by atoms with Crippen molar-refractivity contribution in [1.82, 2.24) is 10.3 Å². The quantitative estimate of drug-likeness (QED) is 0.826. The standard InChI is InChI=1S/C14H24N2S/c1-4-15-14(13-16-12(3)10-17-13)8-5-6-11(2)7-9-14/h10-11,15H,4-9H2,1-3H3. The lowest BCUT2D eigenvalue weighted by atomic mass is 9.90. The molecule has 0 saturated heterocycles.